The minimum Gasteiger partial charge on any atom is -0.326 e. The second-order valence-corrected chi connectivity index (χ2v) is 6.74. The molecule has 2 aromatic carbocycles. The number of aromatic nitrogens is 2. The van der Waals surface area contributed by atoms with Gasteiger partial charge in [0, 0.05) is 23.1 Å². The molecule has 0 aliphatic carbocycles. The maximum atomic E-state index is 12.5. The zero-order valence-corrected chi connectivity index (χ0v) is 16.3. The molecule has 3 aromatic rings. The molecule has 0 saturated heterocycles. The Morgan fingerprint density at radius 3 is 2.54 bits per heavy atom. The number of aryl methyl sites for hydroxylation is 3. The van der Waals surface area contributed by atoms with E-state index in [1.165, 1.54) is 16.2 Å². The van der Waals surface area contributed by atoms with Crippen LogP contribution in [0.3, 0.4) is 0 Å². The van der Waals surface area contributed by atoms with Crippen LogP contribution in [0.4, 0.5) is 17.3 Å². The summed E-state index contributed by atoms with van der Waals surface area (Å²) < 4.78 is 1.34. The topological polar surface area (TPSA) is 76.0 Å². The van der Waals surface area contributed by atoms with Gasteiger partial charge in [-0.15, -0.1) is 0 Å². The minimum atomic E-state index is -0.288. The first-order valence-electron chi connectivity index (χ1n) is 9.25. The summed E-state index contributed by atoms with van der Waals surface area (Å²) in [7, 11) is 0. The highest BCUT2D eigenvalue weighted by Gasteiger charge is 2.12. The molecule has 0 saturated carbocycles. The number of nitrogens with zero attached hydrogens (tertiary/aromatic N) is 2. The van der Waals surface area contributed by atoms with E-state index in [0.29, 0.717) is 17.3 Å². The molecule has 0 aliphatic heterocycles. The fraction of sp³-hybridized carbons (Fsp3) is 0.227. The Balaban J connectivity index is 1.85. The van der Waals surface area contributed by atoms with Crippen LogP contribution in [0.15, 0.2) is 59.4 Å². The monoisotopic (exact) mass is 376 g/mol. The van der Waals surface area contributed by atoms with E-state index >= 15 is 0 Å². The summed E-state index contributed by atoms with van der Waals surface area (Å²) in [4.78, 5) is 29.5. The van der Waals surface area contributed by atoms with Crippen molar-refractivity contribution in [2.24, 2.45) is 0 Å². The molecule has 2 N–H and O–H groups in total. The molecule has 1 amide bonds. The van der Waals surface area contributed by atoms with Crippen molar-refractivity contribution in [3.63, 3.8) is 0 Å². The summed E-state index contributed by atoms with van der Waals surface area (Å²) in [6.45, 7) is 5.66. The SMILES string of the molecule is CCc1cccc(Nc2nc(C)cc(=O)n2CC(=O)Nc2cccc(C)c2)c1. The minimum absolute atomic E-state index is 0.129. The number of rotatable bonds is 6. The number of benzene rings is 2. The highest BCUT2D eigenvalue weighted by molar-refractivity contribution is 5.90. The maximum absolute atomic E-state index is 12.5. The van der Waals surface area contributed by atoms with Crippen molar-refractivity contribution in [1.82, 2.24) is 9.55 Å². The second kappa shape index (κ2) is 8.52. The van der Waals surface area contributed by atoms with Crippen molar-refractivity contribution in [3.05, 3.63) is 81.8 Å². The second-order valence-electron chi connectivity index (χ2n) is 6.74. The average Bonchev–Trinajstić information content (AvgIpc) is 2.64. The van der Waals surface area contributed by atoms with Crippen molar-refractivity contribution in [1.29, 1.82) is 0 Å². The summed E-state index contributed by atoms with van der Waals surface area (Å²) in [5.41, 5.74) is 4.05. The van der Waals surface area contributed by atoms with Gasteiger partial charge in [-0.1, -0.05) is 31.2 Å². The van der Waals surface area contributed by atoms with Gasteiger partial charge in [0.05, 0.1) is 0 Å². The molecule has 1 aromatic heterocycles. The third kappa shape index (κ3) is 4.85. The van der Waals surface area contributed by atoms with E-state index in [0.717, 1.165) is 17.7 Å². The largest absolute Gasteiger partial charge is 0.326 e. The Morgan fingerprint density at radius 2 is 1.79 bits per heavy atom. The fourth-order valence-corrected chi connectivity index (χ4v) is 2.93. The predicted octanol–water partition coefficient (Wildman–Crippen LogP) is 3.80. The van der Waals surface area contributed by atoms with Gasteiger partial charge in [0.25, 0.3) is 5.56 Å². The van der Waals surface area contributed by atoms with E-state index in [1.54, 1.807) is 6.92 Å². The van der Waals surface area contributed by atoms with Crippen molar-refractivity contribution in [2.45, 2.75) is 33.7 Å². The first kappa shape index (κ1) is 19.4. The first-order chi connectivity index (χ1) is 13.4. The maximum Gasteiger partial charge on any atom is 0.255 e. The molecule has 6 heteroatoms. The number of carbonyl (C=O) groups is 1. The van der Waals surface area contributed by atoms with E-state index in [-0.39, 0.29) is 18.0 Å². The Labute approximate surface area is 164 Å². The van der Waals surface area contributed by atoms with Gasteiger partial charge >= 0.3 is 0 Å². The number of hydrogen-bond acceptors (Lipinski definition) is 4. The van der Waals surface area contributed by atoms with Crippen molar-refractivity contribution in [2.75, 3.05) is 10.6 Å². The lowest BCUT2D eigenvalue weighted by Crippen LogP contribution is -2.30. The smallest absolute Gasteiger partial charge is 0.255 e. The third-order valence-corrected chi connectivity index (χ3v) is 4.33. The number of amides is 1. The van der Waals surface area contributed by atoms with Crippen molar-refractivity contribution < 1.29 is 4.79 Å². The molecule has 1 heterocycles. The molecule has 0 bridgehead atoms. The highest BCUT2D eigenvalue weighted by Crippen LogP contribution is 2.16. The Kier molecular flexibility index (Phi) is 5.89. The first-order valence-corrected chi connectivity index (χ1v) is 9.25. The Hall–Kier alpha value is -3.41. The molecule has 0 radical (unpaired) electrons. The Bertz CT molecular complexity index is 1060. The molecule has 144 valence electrons. The van der Waals surface area contributed by atoms with Gasteiger partial charge < -0.3 is 10.6 Å². The molecule has 0 atom stereocenters. The molecule has 0 unspecified atom stereocenters. The van der Waals surface area contributed by atoms with Crippen LogP contribution in [0.1, 0.15) is 23.7 Å². The number of hydrogen-bond donors (Lipinski definition) is 2. The summed E-state index contributed by atoms with van der Waals surface area (Å²) in [5.74, 6) is 0.0568. The van der Waals surface area contributed by atoms with Gasteiger partial charge in [-0.05, 0) is 55.7 Å². The predicted molar refractivity (Wildman–Crippen MR) is 112 cm³/mol. The van der Waals surface area contributed by atoms with E-state index in [9.17, 15) is 9.59 Å². The summed E-state index contributed by atoms with van der Waals surface area (Å²) >= 11 is 0. The van der Waals surface area contributed by atoms with Crippen molar-refractivity contribution in [3.8, 4) is 0 Å². The molecule has 0 spiro atoms. The lowest BCUT2D eigenvalue weighted by molar-refractivity contribution is -0.116. The van der Waals surface area contributed by atoms with Gasteiger partial charge in [-0.25, -0.2) is 4.98 Å². The quantitative estimate of drug-likeness (QED) is 0.686. The lowest BCUT2D eigenvalue weighted by Gasteiger charge is -2.15. The summed E-state index contributed by atoms with van der Waals surface area (Å²) in [6, 6.07) is 16.8. The normalized spacial score (nSPS) is 10.5. The number of nitrogens with one attached hydrogen (secondary N) is 2. The summed E-state index contributed by atoms with van der Waals surface area (Å²) in [6.07, 6.45) is 0.905. The third-order valence-electron chi connectivity index (χ3n) is 4.33. The molecule has 3 rings (SSSR count). The van der Waals surface area contributed by atoms with E-state index in [2.05, 4.69) is 22.5 Å². The van der Waals surface area contributed by atoms with Crippen LogP contribution in [0.25, 0.3) is 0 Å². The molecule has 6 nitrogen and oxygen atoms in total. The number of anilines is 3. The van der Waals surface area contributed by atoms with Crippen LogP contribution >= 0.6 is 0 Å². The van der Waals surface area contributed by atoms with E-state index in [1.807, 2.05) is 55.5 Å². The molecular weight excluding hydrogens is 352 g/mol. The van der Waals surface area contributed by atoms with Gasteiger partial charge in [0.15, 0.2) is 0 Å². The molecule has 0 aliphatic rings. The molecule has 0 fully saturated rings. The fourth-order valence-electron chi connectivity index (χ4n) is 2.93. The van der Waals surface area contributed by atoms with Crippen molar-refractivity contribution >= 4 is 23.2 Å². The zero-order valence-electron chi connectivity index (χ0n) is 16.3. The van der Waals surface area contributed by atoms with Crippen LogP contribution in [0, 0.1) is 13.8 Å². The average molecular weight is 376 g/mol. The standard InChI is InChI=1S/C22H24N4O2/c1-4-17-8-6-10-19(13-17)25-22-23-16(3)12-21(28)26(22)14-20(27)24-18-9-5-7-15(2)11-18/h5-13H,4,14H2,1-3H3,(H,23,25)(H,24,27). The van der Waals surface area contributed by atoms with Crippen LogP contribution < -0.4 is 16.2 Å². The van der Waals surface area contributed by atoms with Crippen LogP contribution in [0.5, 0.6) is 0 Å². The summed E-state index contributed by atoms with van der Waals surface area (Å²) in [5, 5.41) is 6.01. The van der Waals surface area contributed by atoms with Gasteiger partial charge in [0.1, 0.15) is 6.54 Å². The molecule has 28 heavy (non-hydrogen) atoms. The Morgan fingerprint density at radius 1 is 1.04 bits per heavy atom. The van der Waals surface area contributed by atoms with E-state index in [4.69, 9.17) is 0 Å². The van der Waals surface area contributed by atoms with Crippen LogP contribution in [0.2, 0.25) is 0 Å². The highest BCUT2D eigenvalue weighted by atomic mass is 16.2. The zero-order chi connectivity index (χ0) is 20.1. The van der Waals surface area contributed by atoms with Crippen LogP contribution in [-0.2, 0) is 17.8 Å². The van der Waals surface area contributed by atoms with E-state index < -0.39 is 0 Å². The molecular formula is C22H24N4O2. The lowest BCUT2D eigenvalue weighted by atomic mass is 10.1. The van der Waals surface area contributed by atoms with Gasteiger partial charge in [-0.3, -0.25) is 14.2 Å². The van der Waals surface area contributed by atoms with Crippen LogP contribution in [-0.4, -0.2) is 15.5 Å². The van der Waals surface area contributed by atoms with Gasteiger partial charge in [-0.2, -0.15) is 0 Å². The van der Waals surface area contributed by atoms with Gasteiger partial charge in [0.2, 0.25) is 11.9 Å². The number of carbonyl (C=O) groups excluding carboxylic acids is 1.